The van der Waals surface area contributed by atoms with E-state index in [0.29, 0.717) is 17.1 Å². The highest BCUT2D eigenvalue weighted by Gasteiger charge is 2.33. The Hall–Kier alpha value is -0.720. The van der Waals surface area contributed by atoms with Crippen molar-refractivity contribution in [2.45, 2.75) is 43.9 Å². The van der Waals surface area contributed by atoms with Crippen molar-refractivity contribution < 1.29 is 18.3 Å². The zero-order valence-corrected chi connectivity index (χ0v) is 12.4. The SMILES string of the molecule is CC(C)NCc1ccc(SCCCO)cc1C(F)(F)F. The summed E-state index contributed by atoms with van der Waals surface area (Å²) in [5.41, 5.74) is -0.322. The molecule has 0 aliphatic carbocycles. The second-order valence-corrected chi connectivity index (χ2v) is 5.95. The van der Waals surface area contributed by atoms with Gasteiger partial charge in [0, 0.05) is 29.8 Å². The molecule has 0 atom stereocenters. The molecule has 0 amide bonds. The molecule has 0 saturated heterocycles. The molecule has 0 radical (unpaired) electrons. The van der Waals surface area contributed by atoms with Gasteiger partial charge in [-0.15, -0.1) is 11.8 Å². The zero-order valence-electron chi connectivity index (χ0n) is 11.6. The fourth-order valence-corrected chi connectivity index (χ4v) is 2.51. The van der Waals surface area contributed by atoms with E-state index in [1.54, 1.807) is 6.07 Å². The molecule has 0 heterocycles. The number of benzene rings is 1. The number of hydrogen-bond donors (Lipinski definition) is 2. The van der Waals surface area contributed by atoms with E-state index in [9.17, 15) is 13.2 Å². The average molecular weight is 307 g/mol. The molecule has 0 aliphatic rings. The molecule has 1 aromatic carbocycles. The van der Waals surface area contributed by atoms with E-state index in [0.717, 1.165) is 0 Å². The number of hydrogen-bond acceptors (Lipinski definition) is 3. The Kier molecular flexibility index (Phi) is 6.85. The molecule has 6 heteroatoms. The van der Waals surface area contributed by atoms with Gasteiger partial charge in [0.2, 0.25) is 0 Å². The van der Waals surface area contributed by atoms with Crippen LogP contribution in [0.5, 0.6) is 0 Å². The van der Waals surface area contributed by atoms with Crippen LogP contribution in [-0.2, 0) is 12.7 Å². The molecular formula is C14H20F3NOS. The lowest BCUT2D eigenvalue weighted by atomic mass is 10.1. The number of thioether (sulfide) groups is 1. The fraction of sp³-hybridized carbons (Fsp3) is 0.571. The quantitative estimate of drug-likeness (QED) is 0.595. The summed E-state index contributed by atoms with van der Waals surface area (Å²) >= 11 is 1.33. The summed E-state index contributed by atoms with van der Waals surface area (Å²) < 4.78 is 39.2. The second-order valence-electron chi connectivity index (χ2n) is 4.78. The number of halogens is 3. The molecular weight excluding hydrogens is 287 g/mol. The molecule has 0 aromatic heterocycles. The smallest absolute Gasteiger partial charge is 0.396 e. The molecule has 0 bridgehead atoms. The van der Waals surface area contributed by atoms with Crippen molar-refractivity contribution >= 4 is 11.8 Å². The van der Waals surface area contributed by atoms with Crippen LogP contribution in [-0.4, -0.2) is 23.5 Å². The first-order chi connectivity index (χ1) is 9.34. The second kappa shape index (κ2) is 7.90. The molecule has 0 aliphatic heterocycles. The van der Waals surface area contributed by atoms with Gasteiger partial charge in [0.15, 0.2) is 0 Å². The molecule has 2 N–H and O–H groups in total. The predicted octanol–water partition coefficient (Wildman–Crippen LogP) is 3.68. The van der Waals surface area contributed by atoms with Crippen LogP contribution < -0.4 is 5.32 Å². The van der Waals surface area contributed by atoms with Gasteiger partial charge >= 0.3 is 6.18 Å². The van der Waals surface area contributed by atoms with E-state index in [1.165, 1.54) is 23.9 Å². The minimum atomic E-state index is -4.35. The van der Waals surface area contributed by atoms with Gasteiger partial charge in [0.25, 0.3) is 0 Å². The van der Waals surface area contributed by atoms with Gasteiger partial charge in [-0.1, -0.05) is 19.9 Å². The molecule has 1 rings (SSSR count). The Morgan fingerprint density at radius 2 is 2.00 bits per heavy atom. The van der Waals surface area contributed by atoms with Gasteiger partial charge in [-0.05, 0) is 24.1 Å². The van der Waals surface area contributed by atoms with Crippen LogP contribution in [0.1, 0.15) is 31.4 Å². The van der Waals surface area contributed by atoms with Crippen LogP contribution in [0.2, 0.25) is 0 Å². The van der Waals surface area contributed by atoms with Gasteiger partial charge in [-0.3, -0.25) is 0 Å². The van der Waals surface area contributed by atoms with Crippen LogP contribution in [0.25, 0.3) is 0 Å². The number of rotatable bonds is 7. The summed E-state index contributed by atoms with van der Waals surface area (Å²) in [6.07, 6.45) is -3.77. The highest BCUT2D eigenvalue weighted by Crippen LogP contribution is 2.35. The minimum absolute atomic E-state index is 0.0511. The van der Waals surface area contributed by atoms with Gasteiger partial charge in [0.1, 0.15) is 0 Å². The Morgan fingerprint density at radius 1 is 1.30 bits per heavy atom. The standard InChI is InChI=1S/C14H20F3NOS/c1-10(2)18-9-11-4-5-12(20-7-3-6-19)8-13(11)14(15,16)17/h4-5,8,10,18-19H,3,6-7,9H2,1-2H3. The minimum Gasteiger partial charge on any atom is -0.396 e. The molecule has 1 aromatic rings. The summed E-state index contributed by atoms with van der Waals surface area (Å²) in [5.74, 6) is 0.609. The number of nitrogens with one attached hydrogen (secondary N) is 1. The molecule has 0 spiro atoms. The first-order valence-corrected chi connectivity index (χ1v) is 7.50. The maximum Gasteiger partial charge on any atom is 0.416 e. The summed E-state index contributed by atoms with van der Waals surface area (Å²) in [7, 11) is 0. The fourth-order valence-electron chi connectivity index (χ4n) is 1.63. The van der Waals surface area contributed by atoms with Gasteiger partial charge < -0.3 is 10.4 Å². The van der Waals surface area contributed by atoms with E-state index in [4.69, 9.17) is 5.11 Å². The van der Waals surface area contributed by atoms with Gasteiger partial charge in [-0.2, -0.15) is 13.2 Å². The van der Waals surface area contributed by atoms with E-state index in [2.05, 4.69) is 5.32 Å². The van der Waals surface area contributed by atoms with E-state index in [-0.39, 0.29) is 24.8 Å². The highest BCUT2D eigenvalue weighted by atomic mass is 32.2. The van der Waals surface area contributed by atoms with E-state index in [1.807, 2.05) is 13.8 Å². The third-order valence-corrected chi connectivity index (χ3v) is 3.74. The summed E-state index contributed by atoms with van der Waals surface area (Å²) in [6.45, 7) is 4.04. The van der Waals surface area contributed by atoms with Crippen LogP contribution in [0, 0.1) is 0 Å². The third-order valence-electron chi connectivity index (χ3n) is 2.66. The molecule has 20 heavy (non-hydrogen) atoms. The predicted molar refractivity (Wildman–Crippen MR) is 75.8 cm³/mol. The highest BCUT2D eigenvalue weighted by molar-refractivity contribution is 7.99. The molecule has 0 saturated carbocycles. The van der Waals surface area contributed by atoms with Crippen LogP contribution in [0.4, 0.5) is 13.2 Å². The Bertz CT molecular complexity index is 421. The number of aliphatic hydroxyl groups excluding tert-OH is 1. The van der Waals surface area contributed by atoms with Crippen molar-refractivity contribution in [1.82, 2.24) is 5.32 Å². The summed E-state index contributed by atoms with van der Waals surface area (Å²) in [6, 6.07) is 4.56. The molecule has 114 valence electrons. The molecule has 0 unspecified atom stereocenters. The Balaban J connectivity index is 2.89. The molecule has 0 fully saturated rings. The van der Waals surface area contributed by atoms with E-state index < -0.39 is 11.7 Å². The average Bonchev–Trinajstić information content (AvgIpc) is 2.36. The van der Waals surface area contributed by atoms with Crippen molar-refractivity contribution in [1.29, 1.82) is 0 Å². The van der Waals surface area contributed by atoms with Crippen molar-refractivity contribution in [3.05, 3.63) is 29.3 Å². The van der Waals surface area contributed by atoms with E-state index >= 15 is 0 Å². The topological polar surface area (TPSA) is 32.3 Å². The Morgan fingerprint density at radius 3 is 2.55 bits per heavy atom. The van der Waals surface area contributed by atoms with Crippen LogP contribution in [0.3, 0.4) is 0 Å². The molecule has 2 nitrogen and oxygen atoms in total. The third kappa shape index (κ3) is 5.73. The normalized spacial score (nSPS) is 12.2. The maximum absolute atomic E-state index is 13.1. The maximum atomic E-state index is 13.1. The van der Waals surface area contributed by atoms with Crippen LogP contribution >= 0.6 is 11.8 Å². The largest absolute Gasteiger partial charge is 0.416 e. The first kappa shape index (κ1) is 17.3. The van der Waals surface area contributed by atoms with Crippen molar-refractivity contribution in [2.24, 2.45) is 0 Å². The van der Waals surface area contributed by atoms with Crippen LogP contribution in [0.15, 0.2) is 23.1 Å². The zero-order chi connectivity index (χ0) is 15.2. The summed E-state index contributed by atoms with van der Waals surface area (Å²) in [5, 5.41) is 11.7. The Labute approximate surface area is 121 Å². The summed E-state index contributed by atoms with van der Waals surface area (Å²) in [4.78, 5) is 0.582. The lowest BCUT2D eigenvalue weighted by Crippen LogP contribution is -2.23. The van der Waals surface area contributed by atoms with Crippen molar-refractivity contribution in [3.8, 4) is 0 Å². The lowest BCUT2D eigenvalue weighted by Gasteiger charge is -2.16. The van der Waals surface area contributed by atoms with Crippen molar-refractivity contribution in [3.63, 3.8) is 0 Å². The van der Waals surface area contributed by atoms with Gasteiger partial charge in [0.05, 0.1) is 5.56 Å². The number of aliphatic hydroxyl groups is 1. The number of alkyl halides is 3. The lowest BCUT2D eigenvalue weighted by molar-refractivity contribution is -0.138. The van der Waals surface area contributed by atoms with Gasteiger partial charge in [-0.25, -0.2) is 0 Å². The van der Waals surface area contributed by atoms with Crippen molar-refractivity contribution in [2.75, 3.05) is 12.4 Å². The first-order valence-electron chi connectivity index (χ1n) is 6.51. The monoisotopic (exact) mass is 307 g/mol.